The van der Waals surface area contributed by atoms with Gasteiger partial charge in [0, 0.05) is 0 Å². The molecule has 0 aromatic heterocycles. The summed E-state index contributed by atoms with van der Waals surface area (Å²) in [7, 11) is 0. The Labute approximate surface area is 66.8 Å². The Balaban J connectivity index is 0. The number of thioether (sulfide) groups is 2. The van der Waals surface area contributed by atoms with Crippen molar-refractivity contribution in [2.75, 3.05) is 12.5 Å². The molecule has 0 aliphatic carbocycles. The number of rotatable bonds is 0. The van der Waals surface area contributed by atoms with E-state index >= 15 is 0 Å². The van der Waals surface area contributed by atoms with Crippen LogP contribution in [-0.2, 0) is 0 Å². The van der Waals surface area contributed by atoms with Crippen molar-refractivity contribution in [2.45, 2.75) is 0 Å². The van der Waals surface area contributed by atoms with E-state index in [1.54, 1.807) is 0 Å². The summed E-state index contributed by atoms with van der Waals surface area (Å²) in [6, 6.07) is 0. The van der Waals surface area contributed by atoms with E-state index in [1.165, 1.54) is 23.5 Å². The molecule has 5 nitrogen and oxygen atoms in total. The maximum Gasteiger partial charge on any atom is 0.291 e. The molecule has 0 saturated heterocycles. The third kappa shape index (κ3) is 25.6. The van der Waals surface area contributed by atoms with Gasteiger partial charge in [-0.05, 0) is 12.5 Å². The predicted octanol–water partition coefficient (Wildman–Crippen LogP) is 1.30. The number of nitrogens with zero attached hydrogens (tertiary/aromatic N) is 1. The van der Waals surface area contributed by atoms with Crippen LogP contribution in [0.5, 0.6) is 0 Å². The summed E-state index contributed by atoms with van der Waals surface area (Å²) >= 11 is 2.94. The summed E-state index contributed by atoms with van der Waals surface area (Å²) < 4.78 is 0.676. The molecule has 2 N–H and O–H groups in total. The molecule has 7 heteroatoms. The van der Waals surface area contributed by atoms with Gasteiger partial charge in [0.05, 0.1) is 0 Å². The average molecular weight is 184 g/mol. The molecule has 0 aliphatic heterocycles. The van der Waals surface area contributed by atoms with E-state index in [9.17, 15) is 0 Å². The molecule has 0 rings (SSSR count). The minimum atomic E-state index is -1.50. The SMILES string of the molecule is CSC(=N)SC.O=[N+]([O-])O. The molecule has 60 valence electrons. The minimum Gasteiger partial charge on any atom is -0.328 e. The Hall–Kier alpha value is -0.430. The molecule has 0 spiro atoms. The highest BCUT2D eigenvalue weighted by Gasteiger charge is 1.82. The standard InChI is InChI=1S/C3H7NS2.HNO3/c1-5-3(4)6-2;2-1(3)4/h4H,1-2H3;(H,2,3,4). The van der Waals surface area contributed by atoms with E-state index in [1.807, 2.05) is 12.5 Å². The van der Waals surface area contributed by atoms with Crippen LogP contribution >= 0.6 is 23.5 Å². The maximum absolute atomic E-state index is 8.36. The van der Waals surface area contributed by atoms with E-state index in [0.29, 0.717) is 4.38 Å². The second-order valence-electron chi connectivity index (χ2n) is 0.934. The number of hydrogen-bond donors (Lipinski definition) is 2. The highest BCUT2D eigenvalue weighted by Crippen LogP contribution is 2.06. The van der Waals surface area contributed by atoms with Crippen molar-refractivity contribution >= 4 is 27.9 Å². The lowest BCUT2D eigenvalue weighted by atomic mass is 11.7. The molecule has 10 heavy (non-hydrogen) atoms. The first-order chi connectivity index (χ1) is 4.54. The summed E-state index contributed by atoms with van der Waals surface area (Å²) in [5, 5.41) is 20.6. The zero-order valence-electron chi connectivity index (χ0n) is 5.53. The number of nitrogens with one attached hydrogen (secondary N) is 1. The second-order valence-corrected chi connectivity index (χ2v) is 2.82. The van der Waals surface area contributed by atoms with Crippen LogP contribution < -0.4 is 0 Å². The van der Waals surface area contributed by atoms with Crippen molar-refractivity contribution in [1.29, 1.82) is 5.41 Å². The molecule has 0 radical (unpaired) electrons. The quantitative estimate of drug-likeness (QED) is 0.256. The van der Waals surface area contributed by atoms with Crippen molar-refractivity contribution in [1.82, 2.24) is 0 Å². The zero-order valence-corrected chi connectivity index (χ0v) is 7.16. The van der Waals surface area contributed by atoms with Gasteiger partial charge in [-0.1, -0.05) is 0 Å². The van der Waals surface area contributed by atoms with Crippen molar-refractivity contribution in [2.24, 2.45) is 0 Å². The molecule has 0 bridgehead atoms. The maximum atomic E-state index is 8.36. The lowest BCUT2D eigenvalue weighted by Crippen LogP contribution is -1.81. The first-order valence-corrected chi connectivity index (χ1v) is 4.49. The van der Waals surface area contributed by atoms with E-state index in [-0.39, 0.29) is 0 Å². The first-order valence-electron chi connectivity index (χ1n) is 2.04. The smallest absolute Gasteiger partial charge is 0.291 e. The molecule has 0 aromatic rings. The fourth-order valence-electron chi connectivity index (χ4n) is 0.0833. The van der Waals surface area contributed by atoms with Crippen LogP contribution in [0.2, 0.25) is 0 Å². The monoisotopic (exact) mass is 184 g/mol. The lowest BCUT2D eigenvalue weighted by molar-refractivity contribution is -0.742. The molecule has 0 aromatic carbocycles. The summed E-state index contributed by atoms with van der Waals surface area (Å²) in [6.07, 6.45) is 3.80. The van der Waals surface area contributed by atoms with Crippen molar-refractivity contribution < 1.29 is 10.3 Å². The Bertz CT molecular complexity index is 108. The van der Waals surface area contributed by atoms with Gasteiger partial charge in [0.1, 0.15) is 4.38 Å². The van der Waals surface area contributed by atoms with Gasteiger partial charge in [-0.2, -0.15) is 0 Å². The van der Waals surface area contributed by atoms with Crippen LogP contribution in [0, 0.1) is 15.5 Å². The van der Waals surface area contributed by atoms with Crippen LogP contribution in [0.1, 0.15) is 0 Å². The van der Waals surface area contributed by atoms with Crippen molar-refractivity contribution in [3.05, 3.63) is 10.1 Å². The number of hydrogen-bond acceptors (Lipinski definition) is 5. The lowest BCUT2D eigenvalue weighted by Gasteiger charge is -1.85. The highest BCUT2D eigenvalue weighted by molar-refractivity contribution is 8.38. The third-order valence-electron chi connectivity index (χ3n) is 0.371. The van der Waals surface area contributed by atoms with Gasteiger partial charge >= 0.3 is 0 Å². The molecule has 0 unspecified atom stereocenters. The molecule has 0 aliphatic rings. The predicted molar refractivity (Wildman–Crippen MR) is 43.5 cm³/mol. The Kier molecular flexibility index (Phi) is 10.5. The molecule has 0 saturated carbocycles. The molecule has 0 fully saturated rings. The molecule has 0 heterocycles. The van der Waals surface area contributed by atoms with E-state index in [4.69, 9.17) is 20.7 Å². The van der Waals surface area contributed by atoms with E-state index < -0.39 is 5.09 Å². The normalized spacial score (nSPS) is 7.40. The van der Waals surface area contributed by atoms with Gasteiger partial charge in [-0.25, -0.2) is 0 Å². The van der Waals surface area contributed by atoms with Crippen molar-refractivity contribution in [3.63, 3.8) is 0 Å². The molecule has 0 atom stereocenters. The summed E-state index contributed by atoms with van der Waals surface area (Å²) in [6.45, 7) is 0. The van der Waals surface area contributed by atoms with Gasteiger partial charge in [0.15, 0.2) is 0 Å². The van der Waals surface area contributed by atoms with Gasteiger partial charge in [0.25, 0.3) is 5.09 Å². The molecular formula is C3H8N2O3S2. The van der Waals surface area contributed by atoms with Crippen molar-refractivity contribution in [3.8, 4) is 0 Å². The van der Waals surface area contributed by atoms with E-state index in [2.05, 4.69) is 0 Å². The van der Waals surface area contributed by atoms with Crippen LogP contribution in [-0.4, -0.2) is 27.2 Å². The molecule has 0 amide bonds. The Morgan fingerprint density at radius 3 is 1.80 bits per heavy atom. The topological polar surface area (TPSA) is 87.2 Å². The summed E-state index contributed by atoms with van der Waals surface area (Å²) in [4.78, 5) is 8.36. The van der Waals surface area contributed by atoms with Gasteiger partial charge in [-0.3, -0.25) is 5.41 Å². The van der Waals surface area contributed by atoms with E-state index in [0.717, 1.165) is 0 Å². The van der Waals surface area contributed by atoms with Crippen LogP contribution in [0.3, 0.4) is 0 Å². The minimum absolute atomic E-state index is 0.676. The second kappa shape index (κ2) is 8.57. The Morgan fingerprint density at radius 1 is 1.60 bits per heavy atom. The third-order valence-corrected chi connectivity index (χ3v) is 2.11. The van der Waals surface area contributed by atoms with Gasteiger partial charge < -0.3 is 5.21 Å². The van der Waals surface area contributed by atoms with Gasteiger partial charge in [0.2, 0.25) is 0 Å². The van der Waals surface area contributed by atoms with Gasteiger partial charge in [-0.15, -0.1) is 33.6 Å². The largest absolute Gasteiger partial charge is 0.328 e. The van der Waals surface area contributed by atoms with Crippen LogP contribution in [0.15, 0.2) is 0 Å². The fraction of sp³-hybridized carbons (Fsp3) is 0.667. The average Bonchev–Trinajstić information content (AvgIpc) is 1.85. The fourth-order valence-corrected chi connectivity index (χ4v) is 0.750. The summed E-state index contributed by atoms with van der Waals surface area (Å²) in [5.41, 5.74) is 0. The molecular weight excluding hydrogens is 176 g/mol. The Morgan fingerprint density at radius 2 is 1.80 bits per heavy atom. The first kappa shape index (κ1) is 12.3. The summed E-state index contributed by atoms with van der Waals surface area (Å²) in [5.74, 6) is 0. The van der Waals surface area contributed by atoms with Crippen LogP contribution in [0.25, 0.3) is 0 Å². The van der Waals surface area contributed by atoms with Crippen LogP contribution in [0.4, 0.5) is 0 Å². The highest BCUT2D eigenvalue weighted by atomic mass is 32.2. The zero-order chi connectivity index (χ0) is 8.57.